The number of likely N-dealkylation sites (tertiary alicyclic amines) is 1. The van der Waals surface area contributed by atoms with Gasteiger partial charge in [-0.2, -0.15) is 11.8 Å². The molecule has 1 heterocycles. The molecule has 1 unspecified atom stereocenters. The molecule has 94 valence electrons. The maximum atomic E-state index is 10.5. The van der Waals surface area contributed by atoms with Gasteiger partial charge in [-0.05, 0) is 56.8 Å². The number of carboxylic acid groups (broad SMARTS) is 1. The average Bonchev–Trinajstić information content (AvgIpc) is 2.75. The lowest BCUT2D eigenvalue weighted by atomic mass is 10.2. The molecule has 5 heteroatoms. The van der Waals surface area contributed by atoms with Gasteiger partial charge in [-0.1, -0.05) is 0 Å². The van der Waals surface area contributed by atoms with Gasteiger partial charge in [0.25, 0.3) is 0 Å². The lowest BCUT2D eigenvalue weighted by Crippen LogP contribution is -2.30. The van der Waals surface area contributed by atoms with Crippen molar-refractivity contribution in [3.05, 3.63) is 0 Å². The van der Waals surface area contributed by atoms with Gasteiger partial charge in [0.05, 0.1) is 0 Å². The summed E-state index contributed by atoms with van der Waals surface area (Å²) in [6.07, 6.45) is 4.47. The molecule has 0 saturated carbocycles. The van der Waals surface area contributed by atoms with E-state index < -0.39 is 12.0 Å². The number of aliphatic carboxylic acids is 1. The van der Waals surface area contributed by atoms with Gasteiger partial charge in [0, 0.05) is 0 Å². The number of hydrogen-bond donors (Lipinski definition) is 2. The van der Waals surface area contributed by atoms with Crippen molar-refractivity contribution >= 4 is 17.7 Å². The van der Waals surface area contributed by atoms with E-state index >= 15 is 0 Å². The Morgan fingerprint density at radius 2 is 2.06 bits per heavy atom. The van der Waals surface area contributed by atoms with E-state index in [2.05, 4.69) is 4.90 Å². The number of nitrogens with two attached hydrogens (primary N) is 1. The Morgan fingerprint density at radius 1 is 1.38 bits per heavy atom. The van der Waals surface area contributed by atoms with Crippen molar-refractivity contribution in [3.63, 3.8) is 0 Å². The van der Waals surface area contributed by atoms with Crippen LogP contribution in [-0.2, 0) is 4.79 Å². The fraction of sp³-hybridized carbons (Fsp3) is 0.909. The van der Waals surface area contributed by atoms with Crippen LogP contribution in [0.4, 0.5) is 0 Å². The zero-order chi connectivity index (χ0) is 11.8. The number of nitrogens with zero attached hydrogens (tertiary/aromatic N) is 1. The van der Waals surface area contributed by atoms with Crippen LogP contribution in [-0.4, -0.2) is 53.2 Å². The topological polar surface area (TPSA) is 66.6 Å². The average molecular weight is 246 g/mol. The zero-order valence-electron chi connectivity index (χ0n) is 9.73. The number of carbonyl (C=O) groups is 1. The van der Waals surface area contributed by atoms with Crippen LogP contribution in [0.15, 0.2) is 0 Å². The van der Waals surface area contributed by atoms with Crippen molar-refractivity contribution in [2.24, 2.45) is 5.73 Å². The molecule has 0 aliphatic carbocycles. The molecule has 0 bridgehead atoms. The Kier molecular flexibility index (Phi) is 6.84. The Morgan fingerprint density at radius 3 is 2.69 bits per heavy atom. The lowest BCUT2D eigenvalue weighted by molar-refractivity contribution is -0.138. The molecule has 1 fully saturated rings. The van der Waals surface area contributed by atoms with Gasteiger partial charge in [-0.25, -0.2) is 0 Å². The normalized spacial score (nSPS) is 18.8. The van der Waals surface area contributed by atoms with Gasteiger partial charge in [0.15, 0.2) is 0 Å². The van der Waals surface area contributed by atoms with Gasteiger partial charge >= 0.3 is 5.97 Å². The maximum absolute atomic E-state index is 10.5. The summed E-state index contributed by atoms with van der Waals surface area (Å²) in [6.45, 7) is 3.71. The molecule has 3 N–H and O–H groups in total. The predicted molar refractivity (Wildman–Crippen MR) is 67.8 cm³/mol. The third-order valence-electron chi connectivity index (χ3n) is 2.85. The predicted octanol–water partition coefficient (Wildman–Crippen LogP) is 1.01. The van der Waals surface area contributed by atoms with Crippen LogP contribution in [0.25, 0.3) is 0 Å². The van der Waals surface area contributed by atoms with Crippen molar-refractivity contribution in [2.45, 2.75) is 31.7 Å². The summed E-state index contributed by atoms with van der Waals surface area (Å²) < 4.78 is 0. The van der Waals surface area contributed by atoms with Gasteiger partial charge in [-0.3, -0.25) is 4.79 Å². The minimum atomic E-state index is -0.891. The van der Waals surface area contributed by atoms with Crippen molar-refractivity contribution in [1.29, 1.82) is 0 Å². The van der Waals surface area contributed by atoms with Crippen LogP contribution in [0, 0.1) is 0 Å². The monoisotopic (exact) mass is 246 g/mol. The third kappa shape index (κ3) is 5.72. The van der Waals surface area contributed by atoms with E-state index in [-0.39, 0.29) is 0 Å². The third-order valence-corrected chi connectivity index (χ3v) is 3.95. The minimum absolute atomic E-state index is 0.573. The molecule has 4 nitrogen and oxygen atoms in total. The summed E-state index contributed by atoms with van der Waals surface area (Å²) in [5.74, 6) is 1.08. The maximum Gasteiger partial charge on any atom is 0.320 e. The first kappa shape index (κ1) is 13.8. The smallest absolute Gasteiger partial charge is 0.320 e. The van der Waals surface area contributed by atoms with Gasteiger partial charge in [0.2, 0.25) is 0 Å². The van der Waals surface area contributed by atoms with Crippen LogP contribution in [0.3, 0.4) is 0 Å². The van der Waals surface area contributed by atoms with E-state index in [4.69, 9.17) is 10.8 Å². The van der Waals surface area contributed by atoms with E-state index in [0.717, 1.165) is 11.5 Å². The number of rotatable bonds is 8. The van der Waals surface area contributed by atoms with Crippen LogP contribution >= 0.6 is 11.8 Å². The van der Waals surface area contributed by atoms with Gasteiger partial charge < -0.3 is 15.7 Å². The fourth-order valence-electron chi connectivity index (χ4n) is 1.83. The number of thioether (sulfide) groups is 1. The molecular weight excluding hydrogens is 224 g/mol. The Labute approximate surface area is 102 Å². The molecule has 0 amide bonds. The molecular formula is C11H22N2O2S. The highest BCUT2D eigenvalue weighted by molar-refractivity contribution is 7.99. The molecule has 0 radical (unpaired) electrons. The highest BCUT2D eigenvalue weighted by atomic mass is 32.2. The number of hydrogen-bond acceptors (Lipinski definition) is 4. The van der Waals surface area contributed by atoms with E-state index in [1.807, 2.05) is 11.8 Å². The second-order valence-corrected chi connectivity index (χ2v) is 5.47. The SMILES string of the molecule is NC(CCSCCCN1CCCC1)C(=O)O. The second-order valence-electron chi connectivity index (χ2n) is 4.25. The summed E-state index contributed by atoms with van der Waals surface area (Å²) >= 11 is 1.81. The molecule has 0 spiro atoms. The quantitative estimate of drug-likeness (QED) is 0.626. The molecule has 1 rings (SSSR count). The summed E-state index contributed by atoms with van der Waals surface area (Å²) in [6, 6.07) is -0.689. The first-order valence-corrected chi connectivity index (χ1v) is 7.14. The van der Waals surface area contributed by atoms with Crippen molar-refractivity contribution < 1.29 is 9.90 Å². The van der Waals surface area contributed by atoms with Gasteiger partial charge in [0.1, 0.15) is 6.04 Å². The highest BCUT2D eigenvalue weighted by Gasteiger charge is 2.11. The van der Waals surface area contributed by atoms with Gasteiger partial charge in [-0.15, -0.1) is 0 Å². The minimum Gasteiger partial charge on any atom is -0.480 e. The molecule has 0 aromatic carbocycles. The molecule has 1 saturated heterocycles. The number of carboxylic acids is 1. The molecule has 1 aliphatic rings. The van der Waals surface area contributed by atoms with E-state index in [9.17, 15) is 4.79 Å². The molecule has 0 aromatic rings. The van der Waals surface area contributed by atoms with Crippen LogP contribution in [0.2, 0.25) is 0 Å². The Bertz CT molecular complexity index is 208. The second kappa shape index (κ2) is 7.92. The molecule has 16 heavy (non-hydrogen) atoms. The first-order chi connectivity index (χ1) is 7.70. The van der Waals surface area contributed by atoms with Crippen molar-refractivity contribution in [1.82, 2.24) is 4.90 Å². The summed E-state index contributed by atoms with van der Waals surface area (Å²) in [4.78, 5) is 13.0. The standard InChI is InChI=1S/C11H22N2O2S/c12-10(11(14)15)4-9-16-8-3-7-13-5-1-2-6-13/h10H,1-9,12H2,(H,14,15). The summed E-state index contributed by atoms with van der Waals surface area (Å²) in [7, 11) is 0. The Hall–Kier alpha value is -0.260. The largest absolute Gasteiger partial charge is 0.480 e. The van der Waals surface area contributed by atoms with Crippen molar-refractivity contribution in [3.8, 4) is 0 Å². The van der Waals surface area contributed by atoms with Crippen LogP contribution in [0.5, 0.6) is 0 Å². The Balaban J connectivity index is 1.86. The van der Waals surface area contributed by atoms with E-state index in [0.29, 0.717) is 6.42 Å². The molecule has 1 aliphatic heterocycles. The summed E-state index contributed by atoms with van der Waals surface area (Å²) in [5, 5.41) is 8.59. The van der Waals surface area contributed by atoms with Crippen LogP contribution in [0.1, 0.15) is 25.7 Å². The molecule has 0 aromatic heterocycles. The lowest BCUT2D eigenvalue weighted by Gasteiger charge is -2.13. The zero-order valence-corrected chi connectivity index (χ0v) is 10.5. The fourth-order valence-corrected chi connectivity index (χ4v) is 2.79. The van der Waals surface area contributed by atoms with Crippen LogP contribution < -0.4 is 5.73 Å². The van der Waals surface area contributed by atoms with Crippen molar-refractivity contribution in [2.75, 3.05) is 31.1 Å². The molecule has 1 atom stereocenters. The summed E-state index contributed by atoms with van der Waals surface area (Å²) in [5.41, 5.74) is 5.41. The highest BCUT2D eigenvalue weighted by Crippen LogP contribution is 2.10. The van der Waals surface area contributed by atoms with E-state index in [1.165, 1.54) is 38.9 Å². The first-order valence-electron chi connectivity index (χ1n) is 5.98. The van der Waals surface area contributed by atoms with E-state index in [1.54, 1.807) is 0 Å².